The van der Waals surface area contributed by atoms with E-state index in [9.17, 15) is 4.79 Å². The molecule has 1 unspecified atom stereocenters. The second-order valence-electron chi connectivity index (χ2n) is 5.44. The van der Waals surface area contributed by atoms with Crippen molar-refractivity contribution in [1.29, 1.82) is 0 Å². The average Bonchev–Trinajstić information content (AvgIpc) is 3.30. The number of nitrogens with two attached hydrogens (primary N) is 1. The summed E-state index contributed by atoms with van der Waals surface area (Å²) in [5, 5.41) is 11.0. The van der Waals surface area contributed by atoms with Gasteiger partial charge in [0.15, 0.2) is 5.76 Å². The number of nitrogen functional groups attached to an aromatic ring is 1. The molecule has 3 aromatic rings. The fourth-order valence-corrected chi connectivity index (χ4v) is 3.11. The Labute approximate surface area is 154 Å². The SMILES string of the molecule is COc1ccccc1CNC(=O)C(C)Sc1nnc(-c2ccco2)n1N. The van der Waals surface area contributed by atoms with Crippen molar-refractivity contribution in [2.75, 3.05) is 13.0 Å². The van der Waals surface area contributed by atoms with Gasteiger partial charge in [-0.15, -0.1) is 10.2 Å². The fourth-order valence-electron chi connectivity index (χ4n) is 2.32. The highest BCUT2D eigenvalue weighted by atomic mass is 32.2. The number of aromatic nitrogens is 3. The standard InChI is InChI=1S/C17H19N5O3S/c1-11(16(23)19-10-12-6-3-4-7-13(12)24-2)26-17-21-20-15(22(17)18)14-8-5-9-25-14/h3-9,11H,10,18H2,1-2H3,(H,19,23). The van der Waals surface area contributed by atoms with Crippen molar-refractivity contribution in [3.63, 3.8) is 0 Å². The number of furan rings is 1. The van der Waals surface area contributed by atoms with E-state index in [2.05, 4.69) is 15.5 Å². The first-order chi connectivity index (χ1) is 12.6. The van der Waals surface area contributed by atoms with Gasteiger partial charge in [-0.05, 0) is 25.1 Å². The van der Waals surface area contributed by atoms with Crippen molar-refractivity contribution < 1.29 is 13.9 Å². The maximum Gasteiger partial charge on any atom is 0.233 e. The number of para-hydroxylation sites is 1. The maximum atomic E-state index is 12.4. The van der Waals surface area contributed by atoms with Crippen molar-refractivity contribution in [2.24, 2.45) is 0 Å². The van der Waals surface area contributed by atoms with Crippen LogP contribution in [0.5, 0.6) is 5.75 Å². The summed E-state index contributed by atoms with van der Waals surface area (Å²) in [4.78, 5) is 12.4. The minimum atomic E-state index is -0.402. The summed E-state index contributed by atoms with van der Waals surface area (Å²) in [6.07, 6.45) is 1.53. The Morgan fingerprint density at radius 2 is 2.15 bits per heavy atom. The lowest BCUT2D eigenvalue weighted by Crippen LogP contribution is -2.31. The number of rotatable bonds is 7. The normalized spacial score (nSPS) is 11.9. The highest BCUT2D eigenvalue weighted by Crippen LogP contribution is 2.25. The molecule has 0 fully saturated rings. The quantitative estimate of drug-likeness (QED) is 0.482. The minimum absolute atomic E-state index is 0.136. The first kappa shape index (κ1) is 17.9. The monoisotopic (exact) mass is 373 g/mol. The number of hydrogen-bond acceptors (Lipinski definition) is 7. The number of methoxy groups -OCH3 is 1. The highest BCUT2D eigenvalue weighted by molar-refractivity contribution is 8.00. The van der Waals surface area contributed by atoms with Gasteiger partial charge in [0.1, 0.15) is 5.75 Å². The molecule has 0 saturated carbocycles. The predicted octanol–water partition coefficient (Wildman–Crippen LogP) is 2.06. The van der Waals surface area contributed by atoms with Crippen LogP contribution in [0.4, 0.5) is 0 Å². The number of carbonyl (C=O) groups is 1. The molecule has 136 valence electrons. The maximum absolute atomic E-state index is 12.4. The van der Waals surface area contributed by atoms with Gasteiger partial charge in [-0.1, -0.05) is 30.0 Å². The lowest BCUT2D eigenvalue weighted by molar-refractivity contribution is -0.120. The van der Waals surface area contributed by atoms with Crippen LogP contribution in [0.25, 0.3) is 11.6 Å². The van der Waals surface area contributed by atoms with Gasteiger partial charge in [0.2, 0.25) is 16.9 Å². The molecule has 3 rings (SSSR count). The van der Waals surface area contributed by atoms with Crippen molar-refractivity contribution in [2.45, 2.75) is 23.9 Å². The number of ether oxygens (including phenoxy) is 1. The number of carbonyl (C=O) groups excluding carboxylic acids is 1. The molecule has 8 nitrogen and oxygen atoms in total. The van der Waals surface area contributed by atoms with Crippen LogP contribution in [0.15, 0.2) is 52.2 Å². The summed E-state index contributed by atoms with van der Waals surface area (Å²) >= 11 is 1.22. The molecule has 0 aliphatic carbocycles. The average molecular weight is 373 g/mol. The first-order valence-corrected chi connectivity index (χ1v) is 8.78. The van der Waals surface area contributed by atoms with E-state index >= 15 is 0 Å². The molecule has 2 aromatic heterocycles. The topological polar surface area (TPSA) is 108 Å². The Bertz CT molecular complexity index is 878. The Morgan fingerprint density at radius 1 is 1.35 bits per heavy atom. The van der Waals surface area contributed by atoms with E-state index in [0.29, 0.717) is 23.3 Å². The Balaban J connectivity index is 1.61. The summed E-state index contributed by atoms with van der Waals surface area (Å²) in [5.41, 5.74) is 0.905. The van der Waals surface area contributed by atoms with Crippen LogP contribution in [0.3, 0.4) is 0 Å². The lowest BCUT2D eigenvalue weighted by atomic mass is 10.2. The third kappa shape index (κ3) is 3.83. The van der Waals surface area contributed by atoms with E-state index < -0.39 is 5.25 Å². The van der Waals surface area contributed by atoms with Crippen LogP contribution in [-0.4, -0.2) is 33.1 Å². The summed E-state index contributed by atoms with van der Waals surface area (Å²) < 4.78 is 11.9. The van der Waals surface area contributed by atoms with Gasteiger partial charge in [-0.3, -0.25) is 4.79 Å². The molecule has 9 heteroatoms. The van der Waals surface area contributed by atoms with Crippen molar-refractivity contribution in [3.05, 3.63) is 48.2 Å². The summed E-state index contributed by atoms with van der Waals surface area (Å²) in [6.45, 7) is 2.16. The summed E-state index contributed by atoms with van der Waals surface area (Å²) in [7, 11) is 1.60. The molecule has 0 bridgehead atoms. The molecule has 1 aromatic carbocycles. The van der Waals surface area contributed by atoms with E-state index in [1.54, 1.807) is 26.2 Å². The smallest absolute Gasteiger partial charge is 0.233 e. The summed E-state index contributed by atoms with van der Waals surface area (Å²) in [6, 6.07) is 11.0. The van der Waals surface area contributed by atoms with E-state index in [1.165, 1.54) is 22.7 Å². The molecular formula is C17H19N5O3S. The predicted molar refractivity (Wildman–Crippen MR) is 98.0 cm³/mol. The second-order valence-corrected chi connectivity index (χ2v) is 6.75. The van der Waals surface area contributed by atoms with Gasteiger partial charge in [-0.2, -0.15) is 0 Å². The van der Waals surface area contributed by atoms with Crippen molar-refractivity contribution >= 4 is 17.7 Å². The number of nitrogens with one attached hydrogen (secondary N) is 1. The van der Waals surface area contributed by atoms with E-state index in [4.69, 9.17) is 15.0 Å². The second kappa shape index (κ2) is 7.96. The molecule has 3 N–H and O–H groups in total. The van der Waals surface area contributed by atoms with Crippen LogP contribution in [0.1, 0.15) is 12.5 Å². The van der Waals surface area contributed by atoms with Gasteiger partial charge in [0.05, 0.1) is 18.6 Å². The van der Waals surface area contributed by atoms with Gasteiger partial charge in [-0.25, -0.2) is 4.68 Å². The number of hydrogen-bond donors (Lipinski definition) is 2. The molecule has 0 aliphatic heterocycles. The molecule has 0 aliphatic rings. The molecule has 2 heterocycles. The number of benzene rings is 1. The van der Waals surface area contributed by atoms with Gasteiger partial charge >= 0.3 is 0 Å². The van der Waals surface area contributed by atoms with Gasteiger partial charge < -0.3 is 20.3 Å². The van der Waals surface area contributed by atoms with E-state index in [1.807, 2.05) is 24.3 Å². The van der Waals surface area contributed by atoms with Crippen LogP contribution < -0.4 is 15.9 Å². The molecule has 1 atom stereocenters. The zero-order valence-electron chi connectivity index (χ0n) is 14.4. The third-order valence-corrected chi connectivity index (χ3v) is 4.76. The molecule has 0 radical (unpaired) electrons. The lowest BCUT2D eigenvalue weighted by Gasteiger charge is -2.13. The van der Waals surface area contributed by atoms with E-state index in [0.717, 1.165) is 11.3 Å². The largest absolute Gasteiger partial charge is 0.496 e. The third-order valence-electron chi connectivity index (χ3n) is 3.70. The molecule has 0 spiro atoms. The van der Waals surface area contributed by atoms with Crippen LogP contribution in [0, 0.1) is 0 Å². The number of amides is 1. The zero-order valence-corrected chi connectivity index (χ0v) is 15.2. The highest BCUT2D eigenvalue weighted by Gasteiger charge is 2.20. The Kier molecular flexibility index (Phi) is 5.47. The van der Waals surface area contributed by atoms with Gasteiger partial charge in [0, 0.05) is 12.1 Å². The first-order valence-electron chi connectivity index (χ1n) is 7.90. The zero-order chi connectivity index (χ0) is 18.5. The van der Waals surface area contributed by atoms with E-state index in [-0.39, 0.29) is 5.91 Å². The van der Waals surface area contributed by atoms with Crippen LogP contribution in [-0.2, 0) is 11.3 Å². The molecular weight excluding hydrogens is 354 g/mol. The number of nitrogens with zero attached hydrogens (tertiary/aromatic N) is 3. The summed E-state index contributed by atoms with van der Waals surface area (Å²) in [5.74, 6) is 7.52. The molecule has 0 saturated heterocycles. The fraction of sp³-hybridized carbons (Fsp3) is 0.235. The van der Waals surface area contributed by atoms with Crippen molar-refractivity contribution in [1.82, 2.24) is 20.2 Å². The Hall–Kier alpha value is -2.94. The minimum Gasteiger partial charge on any atom is -0.496 e. The van der Waals surface area contributed by atoms with Crippen LogP contribution >= 0.6 is 11.8 Å². The Morgan fingerprint density at radius 3 is 2.88 bits per heavy atom. The molecule has 1 amide bonds. The molecule has 26 heavy (non-hydrogen) atoms. The number of thioether (sulfide) groups is 1. The van der Waals surface area contributed by atoms with Crippen LogP contribution in [0.2, 0.25) is 0 Å². The van der Waals surface area contributed by atoms with Crippen molar-refractivity contribution in [3.8, 4) is 17.3 Å². The van der Waals surface area contributed by atoms with Gasteiger partial charge in [0.25, 0.3) is 0 Å².